The molecule has 0 aliphatic rings. The third kappa shape index (κ3) is 6.79. The molecule has 1 unspecified atom stereocenters. The second-order valence-corrected chi connectivity index (χ2v) is 4.68. The van der Waals surface area contributed by atoms with Gasteiger partial charge in [-0.3, -0.25) is 4.79 Å². The Hall–Kier alpha value is -1.59. The number of amides is 1. The molecule has 0 aliphatic heterocycles. The summed E-state index contributed by atoms with van der Waals surface area (Å²) in [6.45, 7) is 6.07. The van der Waals surface area contributed by atoms with Gasteiger partial charge in [-0.25, -0.2) is 0 Å². The topological polar surface area (TPSA) is 70.6 Å². The minimum atomic E-state index is -0.544. The number of hydrogen-bond acceptors (Lipinski definition) is 4. The predicted octanol–water partition coefficient (Wildman–Crippen LogP) is 1.84. The molecule has 1 aromatic carbocycles. The van der Waals surface area contributed by atoms with Crippen LogP contribution in [0.2, 0.25) is 0 Å². The van der Waals surface area contributed by atoms with E-state index in [9.17, 15) is 9.90 Å². The molecule has 0 aromatic heterocycles. The minimum absolute atomic E-state index is 0.0954. The Balaban J connectivity index is 2.35. The minimum Gasteiger partial charge on any atom is -0.389 e. The number of nitrogens with one attached hydrogen (secondary N) is 2. The van der Waals surface area contributed by atoms with E-state index < -0.39 is 6.10 Å². The van der Waals surface area contributed by atoms with Gasteiger partial charge in [-0.2, -0.15) is 0 Å². The van der Waals surface area contributed by atoms with Crippen LogP contribution in [0.25, 0.3) is 0 Å². The molecular weight excluding hydrogens is 244 g/mol. The highest BCUT2D eigenvalue weighted by Gasteiger charge is 2.05. The van der Waals surface area contributed by atoms with E-state index >= 15 is 0 Å². The van der Waals surface area contributed by atoms with E-state index in [1.165, 1.54) is 6.92 Å². The van der Waals surface area contributed by atoms with Crippen LogP contribution in [-0.4, -0.2) is 36.4 Å². The van der Waals surface area contributed by atoms with Crippen LogP contribution in [0.5, 0.6) is 0 Å². The Morgan fingerprint density at radius 2 is 1.84 bits per heavy atom. The number of anilines is 2. The Labute approximate surface area is 114 Å². The first-order chi connectivity index (χ1) is 8.97. The number of rotatable bonds is 7. The van der Waals surface area contributed by atoms with Crippen molar-refractivity contribution in [3.63, 3.8) is 0 Å². The summed E-state index contributed by atoms with van der Waals surface area (Å²) in [4.78, 5) is 10.9. The van der Waals surface area contributed by atoms with Crippen LogP contribution in [0.3, 0.4) is 0 Å². The molecule has 1 atom stereocenters. The maximum absolute atomic E-state index is 10.9. The fourth-order valence-electron chi connectivity index (χ4n) is 1.47. The van der Waals surface area contributed by atoms with Gasteiger partial charge in [-0.1, -0.05) is 0 Å². The first-order valence-corrected chi connectivity index (χ1v) is 6.38. The summed E-state index contributed by atoms with van der Waals surface area (Å²) in [5, 5.41) is 15.5. The van der Waals surface area contributed by atoms with Gasteiger partial charge in [0, 0.05) is 24.8 Å². The van der Waals surface area contributed by atoms with Crippen LogP contribution in [0.15, 0.2) is 24.3 Å². The van der Waals surface area contributed by atoms with Crippen LogP contribution >= 0.6 is 0 Å². The summed E-state index contributed by atoms with van der Waals surface area (Å²) in [6, 6.07) is 7.31. The van der Waals surface area contributed by atoms with Gasteiger partial charge in [0.1, 0.15) is 0 Å². The lowest BCUT2D eigenvalue weighted by Crippen LogP contribution is -2.26. The van der Waals surface area contributed by atoms with Crippen molar-refractivity contribution >= 4 is 17.3 Å². The van der Waals surface area contributed by atoms with Gasteiger partial charge < -0.3 is 20.5 Å². The van der Waals surface area contributed by atoms with E-state index in [0.717, 1.165) is 11.4 Å². The summed E-state index contributed by atoms with van der Waals surface area (Å²) < 4.78 is 5.32. The summed E-state index contributed by atoms with van der Waals surface area (Å²) in [5.41, 5.74) is 1.64. The van der Waals surface area contributed by atoms with Crippen molar-refractivity contribution in [3.8, 4) is 0 Å². The van der Waals surface area contributed by atoms with Crippen molar-refractivity contribution in [2.75, 3.05) is 23.8 Å². The number of carbonyl (C=O) groups excluding carboxylic acids is 1. The molecule has 5 nitrogen and oxygen atoms in total. The predicted molar refractivity (Wildman–Crippen MR) is 76.3 cm³/mol. The average molecular weight is 266 g/mol. The highest BCUT2D eigenvalue weighted by atomic mass is 16.5. The Kier molecular flexibility index (Phi) is 6.32. The zero-order valence-electron chi connectivity index (χ0n) is 11.6. The normalized spacial score (nSPS) is 12.3. The first-order valence-electron chi connectivity index (χ1n) is 6.38. The molecule has 0 saturated carbocycles. The number of hydrogen-bond donors (Lipinski definition) is 3. The van der Waals surface area contributed by atoms with Gasteiger partial charge >= 0.3 is 0 Å². The second kappa shape index (κ2) is 7.76. The summed E-state index contributed by atoms with van der Waals surface area (Å²) in [5.74, 6) is -0.0954. The van der Waals surface area contributed by atoms with Gasteiger partial charge in [0.2, 0.25) is 5.91 Å². The molecule has 1 aromatic rings. The lowest BCUT2D eigenvalue weighted by molar-refractivity contribution is -0.114. The molecule has 5 heteroatoms. The van der Waals surface area contributed by atoms with Crippen molar-refractivity contribution < 1.29 is 14.6 Å². The summed E-state index contributed by atoms with van der Waals surface area (Å²) in [6.07, 6.45) is -0.427. The second-order valence-electron chi connectivity index (χ2n) is 4.68. The number of ether oxygens (including phenoxy) is 1. The van der Waals surface area contributed by atoms with E-state index in [1.807, 2.05) is 26.0 Å². The molecule has 1 rings (SSSR count). The fraction of sp³-hybridized carbons (Fsp3) is 0.500. The monoisotopic (exact) mass is 266 g/mol. The van der Waals surface area contributed by atoms with Crippen molar-refractivity contribution in [2.45, 2.75) is 33.0 Å². The van der Waals surface area contributed by atoms with Crippen molar-refractivity contribution in [1.82, 2.24) is 0 Å². The molecule has 0 radical (unpaired) electrons. The Morgan fingerprint density at radius 1 is 1.26 bits per heavy atom. The molecule has 0 saturated heterocycles. The highest BCUT2D eigenvalue weighted by molar-refractivity contribution is 5.88. The van der Waals surface area contributed by atoms with E-state index in [1.54, 1.807) is 12.1 Å². The molecule has 1 amide bonds. The zero-order chi connectivity index (χ0) is 14.3. The van der Waals surface area contributed by atoms with Gasteiger partial charge in [0.05, 0.1) is 18.8 Å². The fourth-order valence-corrected chi connectivity index (χ4v) is 1.47. The van der Waals surface area contributed by atoms with Crippen molar-refractivity contribution in [3.05, 3.63) is 24.3 Å². The maximum Gasteiger partial charge on any atom is 0.221 e. The average Bonchev–Trinajstić information content (AvgIpc) is 2.35. The highest BCUT2D eigenvalue weighted by Crippen LogP contribution is 2.13. The van der Waals surface area contributed by atoms with E-state index in [-0.39, 0.29) is 12.0 Å². The number of carbonyl (C=O) groups is 1. The smallest absolute Gasteiger partial charge is 0.221 e. The van der Waals surface area contributed by atoms with Crippen LogP contribution in [0.4, 0.5) is 11.4 Å². The molecule has 0 spiro atoms. The lowest BCUT2D eigenvalue weighted by atomic mass is 10.2. The van der Waals surface area contributed by atoms with Crippen molar-refractivity contribution in [1.29, 1.82) is 0 Å². The quantitative estimate of drug-likeness (QED) is 0.704. The van der Waals surface area contributed by atoms with Gasteiger partial charge in [-0.15, -0.1) is 0 Å². The van der Waals surface area contributed by atoms with Gasteiger partial charge in [0.15, 0.2) is 0 Å². The van der Waals surface area contributed by atoms with Crippen LogP contribution < -0.4 is 10.6 Å². The molecule has 0 aliphatic carbocycles. The molecule has 0 fully saturated rings. The summed E-state index contributed by atoms with van der Waals surface area (Å²) >= 11 is 0. The molecule has 19 heavy (non-hydrogen) atoms. The molecule has 0 heterocycles. The first kappa shape index (κ1) is 15.5. The zero-order valence-corrected chi connectivity index (χ0v) is 11.6. The Morgan fingerprint density at radius 3 is 2.37 bits per heavy atom. The number of aliphatic hydroxyl groups is 1. The molecule has 0 bridgehead atoms. The molecular formula is C14H22N2O3. The third-order valence-electron chi connectivity index (χ3n) is 2.37. The third-order valence-corrected chi connectivity index (χ3v) is 2.37. The SMILES string of the molecule is CC(=O)Nc1ccc(NCC(O)COC(C)C)cc1. The molecule has 106 valence electrons. The molecule has 3 N–H and O–H groups in total. The van der Waals surface area contributed by atoms with E-state index in [4.69, 9.17) is 4.74 Å². The lowest BCUT2D eigenvalue weighted by Gasteiger charge is -2.15. The van der Waals surface area contributed by atoms with E-state index in [0.29, 0.717) is 13.2 Å². The van der Waals surface area contributed by atoms with Gasteiger partial charge in [-0.05, 0) is 38.1 Å². The van der Waals surface area contributed by atoms with E-state index in [2.05, 4.69) is 10.6 Å². The largest absolute Gasteiger partial charge is 0.389 e. The number of benzene rings is 1. The summed E-state index contributed by atoms with van der Waals surface area (Å²) in [7, 11) is 0. The maximum atomic E-state index is 10.9. The van der Waals surface area contributed by atoms with Gasteiger partial charge in [0.25, 0.3) is 0 Å². The standard InChI is InChI=1S/C14H22N2O3/c1-10(2)19-9-14(18)8-15-12-4-6-13(7-5-12)16-11(3)17/h4-7,10,14-15,18H,8-9H2,1-3H3,(H,16,17). The van der Waals surface area contributed by atoms with Crippen molar-refractivity contribution in [2.24, 2.45) is 0 Å². The van der Waals surface area contributed by atoms with Crippen LogP contribution in [-0.2, 0) is 9.53 Å². The number of aliphatic hydroxyl groups excluding tert-OH is 1. The van der Waals surface area contributed by atoms with Crippen LogP contribution in [0, 0.1) is 0 Å². The van der Waals surface area contributed by atoms with Crippen LogP contribution in [0.1, 0.15) is 20.8 Å². The Bertz CT molecular complexity index is 390.